The van der Waals surface area contributed by atoms with E-state index >= 15 is 0 Å². The van der Waals surface area contributed by atoms with Gasteiger partial charge in [-0.2, -0.15) is 5.10 Å². The van der Waals surface area contributed by atoms with Crippen molar-refractivity contribution in [3.63, 3.8) is 0 Å². The maximum absolute atomic E-state index is 4.65. The van der Waals surface area contributed by atoms with Crippen molar-refractivity contribution in [2.45, 2.75) is 19.3 Å². The average molecular weight is 393 g/mol. The lowest BCUT2D eigenvalue weighted by Crippen LogP contribution is -2.29. The van der Waals surface area contributed by atoms with Crippen LogP contribution in [-0.2, 0) is 0 Å². The topological polar surface area (TPSA) is 60.6 Å². The molecule has 0 amide bonds. The first-order valence-corrected chi connectivity index (χ1v) is 10.6. The van der Waals surface area contributed by atoms with Crippen molar-refractivity contribution in [2.75, 3.05) is 18.0 Å². The Morgan fingerprint density at radius 3 is 2.60 bits per heavy atom. The first-order valence-electron chi connectivity index (χ1n) is 10.6. The maximum atomic E-state index is 4.65. The van der Waals surface area contributed by atoms with Crippen LogP contribution in [0.3, 0.4) is 0 Å². The zero-order chi connectivity index (χ0) is 19.9. The minimum Gasteiger partial charge on any atom is -0.371 e. The summed E-state index contributed by atoms with van der Waals surface area (Å²) in [7, 11) is 0. The van der Waals surface area contributed by atoms with E-state index in [9.17, 15) is 0 Å². The number of H-pyrrole nitrogens is 2. The summed E-state index contributed by atoms with van der Waals surface area (Å²) in [5.41, 5.74) is 7.56. The summed E-state index contributed by atoms with van der Waals surface area (Å²) in [5.74, 6) is 0. The molecule has 5 nitrogen and oxygen atoms in total. The number of hydrogen-bond acceptors (Lipinski definition) is 3. The number of rotatable bonds is 3. The molecule has 0 aliphatic carbocycles. The summed E-state index contributed by atoms with van der Waals surface area (Å²) < 4.78 is 0. The maximum Gasteiger partial charge on any atom is 0.116 e. The van der Waals surface area contributed by atoms with Crippen molar-refractivity contribution in [3.05, 3.63) is 66.9 Å². The second kappa shape index (κ2) is 7.02. The first kappa shape index (κ1) is 17.3. The van der Waals surface area contributed by atoms with Crippen LogP contribution in [0.4, 0.5) is 5.69 Å². The monoisotopic (exact) mass is 393 g/mol. The molecule has 1 saturated heterocycles. The number of anilines is 1. The Labute approximate surface area is 174 Å². The average Bonchev–Trinajstić information content (AvgIpc) is 3.43. The highest BCUT2D eigenvalue weighted by molar-refractivity contribution is 6.00. The van der Waals surface area contributed by atoms with Crippen LogP contribution in [0, 0.1) is 0 Å². The minimum absolute atomic E-state index is 0.948. The number of aromatic nitrogens is 4. The van der Waals surface area contributed by atoms with Crippen LogP contribution in [0.15, 0.2) is 66.9 Å². The summed E-state index contributed by atoms with van der Waals surface area (Å²) >= 11 is 0. The van der Waals surface area contributed by atoms with E-state index in [1.165, 1.54) is 30.3 Å². The number of benzene rings is 2. The van der Waals surface area contributed by atoms with Gasteiger partial charge in [0, 0.05) is 46.8 Å². The molecule has 30 heavy (non-hydrogen) atoms. The number of aromatic amines is 2. The molecule has 0 bridgehead atoms. The molecule has 2 N–H and O–H groups in total. The van der Waals surface area contributed by atoms with Crippen LogP contribution >= 0.6 is 0 Å². The third kappa shape index (κ3) is 2.86. The molecule has 0 radical (unpaired) electrons. The lowest BCUT2D eigenvalue weighted by atomic mass is 10.1. The van der Waals surface area contributed by atoms with Gasteiger partial charge in [-0.1, -0.05) is 18.2 Å². The number of piperidine rings is 1. The number of fused-ring (bicyclic) bond motifs is 2. The lowest BCUT2D eigenvalue weighted by Gasteiger charge is -2.29. The highest BCUT2D eigenvalue weighted by atomic mass is 15.1. The molecule has 3 aromatic heterocycles. The van der Waals surface area contributed by atoms with E-state index in [1.807, 2.05) is 24.4 Å². The van der Waals surface area contributed by atoms with Crippen molar-refractivity contribution in [3.8, 4) is 22.6 Å². The molecule has 2 aromatic carbocycles. The molecule has 5 heteroatoms. The van der Waals surface area contributed by atoms with Gasteiger partial charge >= 0.3 is 0 Å². The molecular weight excluding hydrogens is 370 g/mol. The molecule has 1 aliphatic rings. The van der Waals surface area contributed by atoms with E-state index in [0.29, 0.717) is 0 Å². The van der Waals surface area contributed by atoms with E-state index in [2.05, 4.69) is 67.5 Å². The second-order valence-electron chi connectivity index (χ2n) is 8.02. The quantitative estimate of drug-likeness (QED) is 0.409. The SMILES string of the molecule is c1ccc(-c2ccc3[nH]nc(-c4cc5c(N6CCCCC6)cccc5[nH]4)c3c2)nc1. The predicted octanol–water partition coefficient (Wildman–Crippen LogP) is 5.76. The van der Waals surface area contributed by atoms with E-state index in [0.717, 1.165) is 52.2 Å². The highest BCUT2D eigenvalue weighted by Crippen LogP contribution is 2.35. The van der Waals surface area contributed by atoms with Gasteiger partial charge in [-0.05, 0) is 61.7 Å². The fraction of sp³-hybridized carbons (Fsp3) is 0.200. The molecule has 0 spiro atoms. The second-order valence-corrected chi connectivity index (χ2v) is 8.02. The zero-order valence-corrected chi connectivity index (χ0v) is 16.7. The van der Waals surface area contributed by atoms with E-state index < -0.39 is 0 Å². The van der Waals surface area contributed by atoms with Crippen LogP contribution in [-0.4, -0.2) is 33.3 Å². The number of nitrogens with zero attached hydrogens (tertiary/aromatic N) is 3. The molecule has 1 fully saturated rings. The van der Waals surface area contributed by atoms with Crippen molar-refractivity contribution in [1.82, 2.24) is 20.2 Å². The third-order valence-corrected chi connectivity index (χ3v) is 6.12. The van der Waals surface area contributed by atoms with Crippen LogP contribution in [0.2, 0.25) is 0 Å². The van der Waals surface area contributed by atoms with Crippen molar-refractivity contribution < 1.29 is 0 Å². The smallest absolute Gasteiger partial charge is 0.116 e. The molecule has 0 saturated carbocycles. The van der Waals surface area contributed by atoms with Gasteiger partial charge in [-0.15, -0.1) is 0 Å². The summed E-state index contributed by atoms with van der Waals surface area (Å²) in [6.45, 7) is 2.27. The van der Waals surface area contributed by atoms with Gasteiger partial charge in [-0.3, -0.25) is 10.1 Å². The zero-order valence-electron chi connectivity index (χ0n) is 16.7. The Morgan fingerprint density at radius 2 is 1.73 bits per heavy atom. The predicted molar refractivity (Wildman–Crippen MR) is 123 cm³/mol. The van der Waals surface area contributed by atoms with Gasteiger partial charge in [0.05, 0.1) is 16.9 Å². The summed E-state index contributed by atoms with van der Waals surface area (Å²) in [5, 5.41) is 10.2. The summed E-state index contributed by atoms with van der Waals surface area (Å²) in [6.07, 6.45) is 5.71. The van der Waals surface area contributed by atoms with Gasteiger partial charge in [0.2, 0.25) is 0 Å². The molecule has 6 rings (SSSR count). The standard InChI is InChI=1S/C25H23N5/c1-4-13-30(14-5-1)24-9-6-8-21-18(24)16-23(27-21)25-19-15-17(10-11-22(19)28-29-25)20-7-2-3-12-26-20/h2-3,6-12,15-16,27H,1,4-5,13-14H2,(H,28,29). The minimum atomic E-state index is 0.948. The van der Waals surface area contributed by atoms with Gasteiger partial charge < -0.3 is 9.88 Å². The molecule has 5 aromatic rings. The van der Waals surface area contributed by atoms with E-state index in [-0.39, 0.29) is 0 Å². The molecule has 4 heterocycles. The number of pyridine rings is 1. The van der Waals surface area contributed by atoms with Crippen LogP contribution in [0.25, 0.3) is 44.5 Å². The van der Waals surface area contributed by atoms with E-state index in [4.69, 9.17) is 0 Å². The normalized spacial score (nSPS) is 14.6. The summed E-state index contributed by atoms with van der Waals surface area (Å²) in [4.78, 5) is 10.6. The molecule has 148 valence electrons. The molecule has 1 aliphatic heterocycles. The third-order valence-electron chi connectivity index (χ3n) is 6.12. The van der Waals surface area contributed by atoms with Gasteiger partial charge in [-0.25, -0.2) is 0 Å². The van der Waals surface area contributed by atoms with Crippen molar-refractivity contribution in [2.24, 2.45) is 0 Å². The largest absolute Gasteiger partial charge is 0.371 e. The fourth-order valence-electron chi connectivity index (χ4n) is 4.59. The Kier molecular flexibility index (Phi) is 4.04. The van der Waals surface area contributed by atoms with E-state index in [1.54, 1.807) is 0 Å². The Hall–Kier alpha value is -3.60. The highest BCUT2D eigenvalue weighted by Gasteiger charge is 2.17. The molecule has 0 unspecified atom stereocenters. The summed E-state index contributed by atoms with van der Waals surface area (Å²) in [6, 6.07) is 21.1. The Morgan fingerprint density at radius 1 is 0.800 bits per heavy atom. The Bertz CT molecular complexity index is 1330. The van der Waals surface area contributed by atoms with Gasteiger partial charge in [0.15, 0.2) is 0 Å². The first-order chi connectivity index (χ1) is 14.9. The Balaban J connectivity index is 1.47. The van der Waals surface area contributed by atoms with Gasteiger partial charge in [0.25, 0.3) is 0 Å². The van der Waals surface area contributed by atoms with Gasteiger partial charge in [0.1, 0.15) is 5.69 Å². The number of nitrogens with one attached hydrogen (secondary N) is 2. The van der Waals surface area contributed by atoms with Crippen LogP contribution < -0.4 is 4.90 Å². The van der Waals surface area contributed by atoms with Crippen molar-refractivity contribution >= 4 is 27.5 Å². The fourth-order valence-corrected chi connectivity index (χ4v) is 4.59. The van der Waals surface area contributed by atoms with Crippen LogP contribution in [0.5, 0.6) is 0 Å². The lowest BCUT2D eigenvalue weighted by molar-refractivity contribution is 0.579. The number of hydrogen-bond donors (Lipinski definition) is 2. The van der Waals surface area contributed by atoms with Crippen LogP contribution in [0.1, 0.15) is 19.3 Å². The molecular formula is C25H23N5. The van der Waals surface area contributed by atoms with Crippen molar-refractivity contribution in [1.29, 1.82) is 0 Å². The molecule has 0 atom stereocenters.